The zero-order valence-corrected chi connectivity index (χ0v) is 11.0. The number of carbonyl (C=O) groups excluding carboxylic acids is 1. The number of aromatic nitrogens is 1. The van der Waals surface area contributed by atoms with E-state index in [1.807, 2.05) is 24.9 Å². The molecule has 0 radical (unpaired) electrons. The lowest BCUT2D eigenvalue weighted by atomic mass is 10.1. The van der Waals surface area contributed by atoms with Crippen molar-refractivity contribution in [2.24, 2.45) is 5.92 Å². The van der Waals surface area contributed by atoms with Crippen LogP contribution in [0.5, 0.6) is 0 Å². The number of aryl methyl sites for hydroxylation is 1. The van der Waals surface area contributed by atoms with E-state index >= 15 is 0 Å². The first-order valence-electron chi connectivity index (χ1n) is 5.85. The van der Waals surface area contributed by atoms with Gasteiger partial charge >= 0.3 is 0 Å². The molecular formula is C12H18N2O2S. The number of H-pyrrole nitrogens is 1. The Hall–Kier alpha value is -1.10. The number of aromatic amines is 1. The number of hydrogen-bond donors (Lipinski definition) is 1. The quantitative estimate of drug-likeness (QED) is 0.817. The van der Waals surface area contributed by atoms with Gasteiger partial charge in [0.05, 0.1) is 5.56 Å². The Bertz CT molecular complexity index is 441. The van der Waals surface area contributed by atoms with E-state index in [4.69, 9.17) is 0 Å². The maximum absolute atomic E-state index is 12.3. The molecule has 1 aliphatic heterocycles. The van der Waals surface area contributed by atoms with E-state index in [-0.39, 0.29) is 5.91 Å². The van der Waals surface area contributed by atoms with E-state index in [0.717, 1.165) is 11.1 Å². The van der Waals surface area contributed by atoms with E-state index in [0.29, 0.717) is 30.5 Å². The highest BCUT2D eigenvalue weighted by Crippen LogP contribution is 2.14. The lowest BCUT2D eigenvalue weighted by molar-refractivity contribution is 0.0751. The lowest BCUT2D eigenvalue weighted by Gasteiger charge is -2.22. The molecule has 5 heteroatoms. The van der Waals surface area contributed by atoms with Gasteiger partial charge in [-0.15, -0.1) is 0 Å². The molecule has 1 saturated heterocycles. The summed E-state index contributed by atoms with van der Waals surface area (Å²) >= 11 is 0. The normalized spacial score (nSPS) is 25.6. The summed E-state index contributed by atoms with van der Waals surface area (Å²) in [5, 5.41) is 0. The molecular weight excluding hydrogens is 236 g/mol. The molecule has 2 rings (SSSR count). The minimum Gasteiger partial charge on any atom is -0.367 e. The third kappa shape index (κ3) is 2.77. The van der Waals surface area contributed by atoms with Crippen molar-refractivity contribution in [3.8, 4) is 0 Å². The molecule has 0 bridgehead atoms. The van der Waals surface area contributed by atoms with Gasteiger partial charge in [0.15, 0.2) is 0 Å². The number of rotatable bonds is 1. The largest absolute Gasteiger partial charge is 0.367 e. The molecule has 1 aromatic heterocycles. The molecule has 0 aliphatic carbocycles. The number of hydrogen-bond acceptors (Lipinski definition) is 2. The van der Waals surface area contributed by atoms with Crippen LogP contribution in [0.15, 0.2) is 12.4 Å². The van der Waals surface area contributed by atoms with Crippen LogP contribution in [0, 0.1) is 12.8 Å². The minimum atomic E-state index is -0.779. The van der Waals surface area contributed by atoms with Crippen LogP contribution in [0.1, 0.15) is 22.8 Å². The first-order chi connectivity index (χ1) is 8.08. The summed E-state index contributed by atoms with van der Waals surface area (Å²) in [5.74, 6) is 1.66. The summed E-state index contributed by atoms with van der Waals surface area (Å²) in [5.41, 5.74) is 1.69. The Labute approximate surface area is 104 Å². The molecule has 94 valence electrons. The van der Waals surface area contributed by atoms with Gasteiger partial charge in [0, 0.05) is 47.8 Å². The monoisotopic (exact) mass is 254 g/mol. The summed E-state index contributed by atoms with van der Waals surface area (Å²) in [7, 11) is -0.779. The molecule has 0 saturated carbocycles. The SMILES string of the molecule is Cc1c[nH]cc1C(=O)N1CCS(=O)CC(C)C1. The van der Waals surface area contributed by atoms with Crippen molar-refractivity contribution >= 4 is 16.7 Å². The Morgan fingerprint density at radius 1 is 1.53 bits per heavy atom. The second-order valence-electron chi connectivity index (χ2n) is 4.72. The zero-order chi connectivity index (χ0) is 12.4. The molecule has 2 atom stereocenters. The van der Waals surface area contributed by atoms with Crippen LogP contribution in [0.3, 0.4) is 0 Å². The molecule has 0 aromatic carbocycles. The van der Waals surface area contributed by atoms with Crippen molar-refractivity contribution in [3.63, 3.8) is 0 Å². The lowest BCUT2D eigenvalue weighted by Crippen LogP contribution is -2.35. The fourth-order valence-corrected chi connectivity index (χ4v) is 3.49. The third-order valence-corrected chi connectivity index (χ3v) is 4.64. The summed E-state index contributed by atoms with van der Waals surface area (Å²) in [6.07, 6.45) is 3.57. The molecule has 2 unspecified atom stereocenters. The van der Waals surface area contributed by atoms with Gasteiger partial charge in [-0.1, -0.05) is 6.92 Å². The molecule has 1 aromatic rings. The van der Waals surface area contributed by atoms with Crippen LogP contribution in [0.4, 0.5) is 0 Å². The van der Waals surface area contributed by atoms with Gasteiger partial charge in [-0.05, 0) is 18.4 Å². The molecule has 1 N–H and O–H groups in total. The second-order valence-corrected chi connectivity index (χ2v) is 6.34. The van der Waals surface area contributed by atoms with E-state index in [1.54, 1.807) is 6.20 Å². The third-order valence-electron chi connectivity index (χ3n) is 3.06. The molecule has 4 nitrogen and oxygen atoms in total. The fraction of sp³-hybridized carbons (Fsp3) is 0.583. The molecule has 1 fully saturated rings. The number of nitrogens with zero attached hydrogens (tertiary/aromatic N) is 1. The van der Waals surface area contributed by atoms with Crippen LogP contribution in [0.25, 0.3) is 0 Å². The van der Waals surface area contributed by atoms with Gasteiger partial charge in [-0.2, -0.15) is 0 Å². The summed E-state index contributed by atoms with van der Waals surface area (Å²) in [4.78, 5) is 17.1. The highest BCUT2D eigenvalue weighted by Gasteiger charge is 2.24. The Morgan fingerprint density at radius 3 is 2.94 bits per heavy atom. The highest BCUT2D eigenvalue weighted by molar-refractivity contribution is 7.85. The Balaban J connectivity index is 2.14. The first kappa shape index (κ1) is 12.4. The van der Waals surface area contributed by atoms with E-state index in [1.165, 1.54) is 0 Å². The van der Waals surface area contributed by atoms with Gasteiger partial charge in [0.25, 0.3) is 5.91 Å². The molecule has 1 amide bonds. The molecule has 1 aliphatic rings. The maximum atomic E-state index is 12.3. The minimum absolute atomic E-state index is 0.0505. The van der Waals surface area contributed by atoms with Crippen LogP contribution in [-0.2, 0) is 10.8 Å². The van der Waals surface area contributed by atoms with Crippen molar-refractivity contribution in [2.75, 3.05) is 24.6 Å². The number of amides is 1. The van der Waals surface area contributed by atoms with Gasteiger partial charge < -0.3 is 9.88 Å². The van der Waals surface area contributed by atoms with Gasteiger partial charge in [0.2, 0.25) is 0 Å². The average Bonchev–Trinajstić information content (AvgIpc) is 2.61. The van der Waals surface area contributed by atoms with Crippen molar-refractivity contribution in [3.05, 3.63) is 23.5 Å². The molecule has 0 spiro atoms. The summed E-state index contributed by atoms with van der Waals surface area (Å²) in [6.45, 7) is 5.27. The van der Waals surface area contributed by atoms with Crippen molar-refractivity contribution in [1.82, 2.24) is 9.88 Å². The average molecular weight is 254 g/mol. The predicted octanol–water partition coefficient (Wildman–Crippen LogP) is 1.16. The standard InChI is InChI=1S/C12H18N2O2S/c1-9-7-14(3-4-17(16)8-9)12(15)11-6-13-5-10(11)2/h5-6,9,13H,3-4,7-8H2,1-2H3. The van der Waals surface area contributed by atoms with E-state index in [9.17, 15) is 9.00 Å². The smallest absolute Gasteiger partial charge is 0.255 e. The highest BCUT2D eigenvalue weighted by atomic mass is 32.2. The van der Waals surface area contributed by atoms with E-state index < -0.39 is 10.8 Å². The van der Waals surface area contributed by atoms with Crippen molar-refractivity contribution < 1.29 is 9.00 Å². The van der Waals surface area contributed by atoms with Crippen molar-refractivity contribution in [2.45, 2.75) is 13.8 Å². The first-order valence-corrected chi connectivity index (χ1v) is 7.34. The predicted molar refractivity (Wildman–Crippen MR) is 68.5 cm³/mol. The summed E-state index contributed by atoms with van der Waals surface area (Å²) < 4.78 is 11.6. The molecule has 17 heavy (non-hydrogen) atoms. The zero-order valence-electron chi connectivity index (χ0n) is 10.2. The Kier molecular flexibility index (Phi) is 3.66. The molecule has 2 heterocycles. The number of carbonyl (C=O) groups is 1. The Morgan fingerprint density at radius 2 is 2.29 bits per heavy atom. The maximum Gasteiger partial charge on any atom is 0.255 e. The van der Waals surface area contributed by atoms with Gasteiger partial charge in [-0.25, -0.2) is 0 Å². The van der Waals surface area contributed by atoms with Crippen molar-refractivity contribution in [1.29, 1.82) is 0 Å². The van der Waals surface area contributed by atoms with Gasteiger partial charge in [0.1, 0.15) is 0 Å². The number of nitrogens with one attached hydrogen (secondary N) is 1. The second kappa shape index (κ2) is 5.04. The van der Waals surface area contributed by atoms with Crippen LogP contribution < -0.4 is 0 Å². The topological polar surface area (TPSA) is 53.2 Å². The van der Waals surface area contributed by atoms with Crippen LogP contribution in [-0.4, -0.2) is 44.6 Å². The van der Waals surface area contributed by atoms with Crippen LogP contribution >= 0.6 is 0 Å². The summed E-state index contributed by atoms with van der Waals surface area (Å²) in [6, 6.07) is 0. The fourth-order valence-electron chi connectivity index (χ4n) is 2.16. The van der Waals surface area contributed by atoms with Gasteiger partial charge in [-0.3, -0.25) is 9.00 Å². The van der Waals surface area contributed by atoms with Crippen LogP contribution in [0.2, 0.25) is 0 Å². The van der Waals surface area contributed by atoms with E-state index in [2.05, 4.69) is 4.98 Å².